The van der Waals surface area contributed by atoms with Crippen molar-refractivity contribution in [2.24, 2.45) is 0 Å². The van der Waals surface area contributed by atoms with Gasteiger partial charge in [-0.1, -0.05) is 40.2 Å². The van der Waals surface area contributed by atoms with E-state index in [1.165, 1.54) is 11.3 Å². The van der Waals surface area contributed by atoms with Crippen molar-refractivity contribution in [3.8, 4) is 22.6 Å². The molecule has 2 aromatic carbocycles. The molecule has 32 heavy (non-hydrogen) atoms. The van der Waals surface area contributed by atoms with Crippen molar-refractivity contribution in [2.75, 3.05) is 25.6 Å². The van der Waals surface area contributed by atoms with Crippen LogP contribution in [0.25, 0.3) is 11.1 Å². The van der Waals surface area contributed by atoms with Crippen LogP contribution in [0.1, 0.15) is 30.1 Å². The third-order valence-corrected chi connectivity index (χ3v) is 5.98. The number of halogens is 1. The van der Waals surface area contributed by atoms with Crippen LogP contribution in [-0.4, -0.2) is 32.2 Å². The molecule has 6 nitrogen and oxygen atoms in total. The highest BCUT2D eigenvalue weighted by Crippen LogP contribution is 2.37. The standard InChI is InChI=1S/C24H24BrNO5S/c1-3-30-24(28)22-18(16-10-12-17(25)13-11-16)15-32-23(22)26-21(27)9-6-14-31-20-8-5-4-7-19(20)29-2/h4-5,7-8,10-13,15H,3,6,9,14H2,1-2H3,(H,26,27). The quantitative estimate of drug-likeness (QED) is 0.257. The van der Waals surface area contributed by atoms with Gasteiger partial charge >= 0.3 is 5.97 Å². The molecule has 0 fully saturated rings. The number of esters is 1. The molecule has 0 saturated heterocycles. The second kappa shape index (κ2) is 11.7. The molecule has 0 radical (unpaired) electrons. The van der Waals surface area contributed by atoms with Gasteiger partial charge in [0.15, 0.2) is 11.5 Å². The zero-order chi connectivity index (χ0) is 22.9. The Balaban J connectivity index is 1.65. The van der Waals surface area contributed by atoms with Crippen LogP contribution in [0.2, 0.25) is 0 Å². The van der Waals surface area contributed by atoms with Crippen molar-refractivity contribution in [2.45, 2.75) is 19.8 Å². The molecular formula is C24H24BrNO5S. The summed E-state index contributed by atoms with van der Waals surface area (Å²) < 4.78 is 17.1. The minimum absolute atomic E-state index is 0.191. The highest BCUT2D eigenvalue weighted by atomic mass is 79.9. The molecule has 3 rings (SSSR count). The molecule has 0 aliphatic carbocycles. The number of nitrogens with one attached hydrogen (secondary N) is 1. The summed E-state index contributed by atoms with van der Waals surface area (Å²) >= 11 is 4.72. The second-order valence-corrected chi connectivity index (χ2v) is 8.53. The van der Waals surface area contributed by atoms with Crippen LogP contribution in [0, 0.1) is 0 Å². The van der Waals surface area contributed by atoms with Gasteiger partial charge < -0.3 is 19.5 Å². The molecule has 0 aliphatic heterocycles. The lowest BCUT2D eigenvalue weighted by atomic mass is 10.0. The van der Waals surface area contributed by atoms with Gasteiger partial charge in [0, 0.05) is 21.8 Å². The summed E-state index contributed by atoms with van der Waals surface area (Å²) in [6.45, 7) is 2.37. The summed E-state index contributed by atoms with van der Waals surface area (Å²) in [5.74, 6) is 0.636. The van der Waals surface area contributed by atoms with Crippen molar-refractivity contribution < 1.29 is 23.8 Å². The molecule has 168 valence electrons. The number of amides is 1. The van der Waals surface area contributed by atoms with Gasteiger partial charge in [-0.15, -0.1) is 11.3 Å². The molecule has 1 heterocycles. The zero-order valence-corrected chi connectivity index (χ0v) is 20.3. The molecule has 0 atom stereocenters. The summed E-state index contributed by atoms with van der Waals surface area (Å²) in [5, 5.41) is 5.20. The van der Waals surface area contributed by atoms with E-state index in [4.69, 9.17) is 14.2 Å². The molecular weight excluding hydrogens is 494 g/mol. The van der Waals surface area contributed by atoms with Gasteiger partial charge in [0.05, 0.1) is 20.3 Å². The van der Waals surface area contributed by atoms with Crippen LogP contribution in [-0.2, 0) is 9.53 Å². The summed E-state index contributed by atoms with van der Waals surface area (Å²) in [6, 6.07) is 15.0. The fourth-order valence-corrected chi connectivity index (χ4v) is 4.28. The van der Waals surface area contributed by atoms with Crippen molar-refractivity contribution >= 4 is 44.1 Å². The van der Waals surface area contributed by atoms with E-state index in [1.54, 1.807) is 14.0 Å². The van der Waals surface area contributed by atoms with E-state index in [0.717, 1.165) is 15.6 Å². The molecule has 1 N–H and O–H groups in total. The first-order valence-electron chi connectivity index (χ1n) is 10.1. The predicted molar refractivity (Wildman–Crippen MR) is 130 cm³/mol. The smallest absolute Gasteiger partial charge is 0.341 e. The number of ether oxygens (including phenoxy) is 3. The molecule has 0 spiro atoms. The number of carbonyl (C=O) groups excluding carboxylic acids is 2. The van der Waals surface area contributed by atoms with E-state index >= 15 is 0 Å². The van der Waals surface area contributed by atoms with Crippen LogP contribution in [0.15, 0.2) is 58.4 Å². The number of thiophene rings is 1. The van der Waals surface area contributed by atoms with Crippen molar-refractivity contribution in [3.05, 3.63) is 63.9 Å². The normalized spacial score (nSPS) is 10.5. The highest BCUT2D eigenvalue weighted by molar-refractivity contribution is 9.10. The molecule has 0 bridgehead atoms. The Kier molecular flexibility index (Phi) is 8.70. The van der Waals surface area contributed by atoms with Gasteiger partial charge in [0.25, 0.3) is 0 Å². The summed E-state index contributed by atoms with van der Waals surface area (Å²) in [7, 11) is 1.58. The molecule has 0 saturated carbocycles. The number of rotatable bonds is 10. The average molecular weight is 518 g/mol. The van der Waals surface area contributed by atoms with Gasteiger partial charge in [-0.3, -0.25) is 4.79 Å². The first-order chi connectivity index (χ1) is 15.5. The molecule has 1 aromatic heterocycles. The van der Waals surface area contributed by atoms with Gasteiger partial charge in [-0.2, -0.15) is 0 Å². The summed E-state index contributed by atoms with van der Waals surface area (Å²) in [6.07, 6.45) is 0.770. The van der Waals surface area contributed by atoms with Crippen LogP contribution < -0.4 is 14.8 Å². The highest BCUT2D eigenvalue weighted by Gasteiger charge is 2.22. The lowest BCUT2D eigenvalue weighted by Crippen LogP contribution is -2.15. The number of hydrogen-bond acceptors (Lipinski definition) is 6. The Morgan fingerprint density at radius 2 is 1.78 bits per heavy atom. The zero-order valence-electron chi connectivity index (χ0n) is 17.9. The maximum Gasteiger partial charge on any atom is 0.341 e. The Morgan fingerprint density at radius 3 is 2.47 bits per heavy atom. The lowest BCUT2D eigenvalue weighted by Gasteiger charge is -2.11. The molecule has 0 aliphatic rings. The minimum atomic E-state index is -0.457. The maximum absolute atomic E-state index is 12.6. The fourth-order valence-electron chi connectivity index (χ4n) is 3.04. The van der Waals surface area contributed by atoms with E-state index < -0.39 is 5.97 Å². The summed E-state index contributed by atoms with van der Waals surface area (Å²) in [5.41, 5.74) is 1.98. The Hall–Kier alpha value is -2.84. The number of benzene rings is 2. The topological polar surface area (TPSA) is 73.9 Å². The third-order valence-electron chi connectivity index (χ3n) is 4.55. The Labute approximate surface area is 199 Å². The largest absolute Gasteiger partial charge is 0.493 e. The first kappa shape index (κ1) is 23.8. The number of methoxy groups -OCH3 is 1. The van der Waals surface area contributed by atoms with Crippen LogP contribution >= 0.6 is 27.3 Å². The van der Waals surface area contributed by atoms with Crippen molar-refractivity contribution in [1.29, 1.82) is 0 Å². The molecule has 0 unspecified atom stereocenters. The number of hydrogen-bond donors (Lipinski definition) is 1. The van der Waals surface area contributed by atoms with Crippen LogP contribution in [0.5, 0.6) is 11.5 Å². The van der Waals surface area contributed by atoms with Gasteiger partial charge in [0.1, 0.15) is 10.6 Å². The SMILES string of the molecule is CCOC(=O)c1c(-c2ccc(Br)cc2)csc1NC(=O)CCCOc1ccccc1OC. The second-order valence-electron chi connectivity index (χ2n) is 6.73. The van der Waals surface area contributed by atoms with Gasteiger partial charge in [0.2, 0.25) is 5.91 Å². The number of para-hydroxylation sites is 2. The van der Waals surface area contributed by atoms with Crippen LogP contribution in [0.4, 0.5) is 5.00 Å². The van der Waals surface area contributed by atoms with Crippen molar-refractivity contribution in [3.63, 3.8) is 0 Å². The Morgan fingerprint density at radius 1 is 1.06 bits per heavy atom. The van der Waals surface area contributed by atoms with Crippen molar-refractivity contribution in [1.82, 2.24) is 0 Å². The average Bonchev–Trinajstić information content (AvgIpc) is 3.21. The third kappa shape index (κ3) is 6.11. The van der Waals surface area contributed by atoms with Gasteiger partial charge in [-0.05, 0) is 43.2 Å². The first-order valence-corrected chi connectivity index (χ1v) is 11.8. The molecule has 3 aromatic rings. The fraction of sp³-hybridized carbons (Fsp3) is 0.250. The summed E-state index contributed by atoms with van der Waals surface area (Å²) in [4.78, 5) is 25.2. The van der Waals surface area contributed by atoms with Crippen LogP contribution in [0.3, 0.4) is 0 Å². The molecule has 8 heteroatoms. The monoisotopic (exact) mass is 517 g/mol. The maximum atomic E-state index is 12.6. The Bertz CT molecular complexity index is 1060. The van der Waals surface area contributed by atoms with E-state index in [1.807, 2.05) is 53.9 Å². The van der Waals surface area contributed by atoms with E-state index in [0.29, 0.717) is 35.1 Å². The van der Waals surface area contributed by atoms with E-state index in [9.17, 15) is 9.59 Å². The molecule has 1 amide bonds. The van der Waals surface area contributed by atoms with E-state index in [2.05, 4.69) is 21.2 Å². The predicted octanol–water partition coefficient (Wildman–Crippen LogP) is 6.16. The minimum Gasteiger partial charge on any atom is -0.493 e. The van der Waals surface area contributed by atoms with E-state index in [-0.39, 0.29) is 18.9 Å². The number of anilines is 1. The number of carbonyl (C=O) groups is 2. The lowest BCUT2D eigenvalue weighted by molar-refractivity contribution is -0.116. The van der Waals surface area contributed by atoms with Gasteiger partial charge in [-0.25, -0.2) is 4.79 Å².